The van der Waals surface area contributed by atoms with Gasteiger partial charge in [0.2, 0.25) is 5.92 Å². The molecule has 7 heteroatoms. The lowest BCUT2D eigenvalue weighted by Gasteiger charge is -2.17. The fourth-order valence-corrected chi connectivity index (χ4v) is 4.48. The molecule has 1 saturated heterocycles. The molecule has 1 aliphatic heterocycles. The number of hydrogen-bond acceptors (Lipinski definition) is 4. The first-order chi connectivity index (χ1) is 22.9. The molecule has 0 aliphatic carbocycles. The van der Waals surface area contributed by atoms with Crippen LogP contribution in [0.5, 0.6) is 0 Å². The second kappa shape index (κ2) is 25.6. The van der Waals surface area contributed by atoms with Gasteiger partial charge in [0.1, 0.15) is 5.82 Å². The molecular formula is C41H67F2N5. The molecule has 1 aromatic carbocycles. The average Bonchev–Trinajstić information content (AvgIpc) is 3.80. The van der Waals surface area contributed by atoms with Crippen LogP contribution in [0.3, 0.4) is 0 Å². The Balaban J connectivity index is 0.000000868. The molecule has 48 heavy (non-hydrogen) atoms. The summed E-state index contributed by atoms with van der Waals surface area (Å²) in [6.45, 7) is 27.6. The number of anilines is 1. The molecule has 0 bridgehead atoms. The first-order valence-electron chi connectivity index (χ1n) is 18.1. The predicted octanol–water partition coefficient (Wildman–Crippen LogP) is 12.9. The zero-order chi connectivity index (χ0) is 36.5. The third-order valence-electron chi connectivity index (χ3n) is 8.00. The van der Waals surface area contributed by atoms with E-state index in [1.807, 2.05) is 45.6 Å². The Labute approximate surface area is 292 Å². The molecule has 1 aliphatic rings. The quantitative estimate of drug-likeness (QED) is 0.219. The zero-order valence-electron chi connectivity index (χ0n) is 32.2. The standard InChI is InChI=1S/C22H25N5.C8H16F2.2C4H10.C3H6/c1-15(2)8-17-4-5-18(9-16(17)3)21-12-23-13-22(26-21)27-7-6-19(14-27)20-10-24-25-11-20;1-4-7(3)6-8(9,10)5-2;2*1-3-4-2;1-3-2/h4-5,8-13,19H,6-7,14H2,1-3H3,(H,24,25);7H,4-6H2,1-3H3;2*3-4H2,1-2H3;3H,1H2,2H3. The Morgan fingerprint density at radius 3 is 2.15 bits per heavy atom. The van der Waals surface area contributed by atoms with Gasteiger partial charge in [-0.25, -0.2) is 13.8 Å². The van der Waals surface area contributed by atoms with Gasteiger partial charge < -0.3 is 4.90 Å². The van der Waals surface area contributed by atoms with Gasteiger partial charge in [0.25, 0.3) is 0 Å². The van der Waals surface area contributed by atoms with Crippen molar-refractivity contribution in [2.45, 2.75) is 139 Å². The fraction of sp³-hybridized carbons (Fsp3) is 0.585. The Bertz CT molecular complexity index is 1260. The maximum atomic E-state index is 12.6. The Morgan fingerprint density at radius 1 is 1.04 bits per heavy atom. The molecule has 0 saturated carbocycles. The lowest BCUT2D eigenvalue weighted by atomic mass is 9.99. The van der Waals surface area contributed by atoms with Crippen molar-refractivity contribution in [1.29, 1.82) is 0 Å². The van der Waals surface area contributed by atoms with E-state index in [1.165, 1.54) is 54.9 Å². The van der Waals surface area contributed by atoms with Crippen molar-refractivity contribution in [1.82, 2.24) is 20.2 Å². The normalized spacial score (nSPS) is 14.0. The third-order valence-corrected chi connectivity index (χ3v) is 8.00. The molecule has 2 aromatic heterocycles. The van der Waals surface area contributed by atoms with Gasteiger partial charge in [0, 0.05) is 43.6 Å². The van der Waals surface area contributed by atoms with E-state index in [0.29, 0.717) is 5.92 Å². The van der Waals surface area contributed by atoms with Crippen LogP contribution < -0.4 is 4.90 Å². The van der Waals surface area contributed by atoms with E-state index in [4.69, 9.17) is 4.98 Å². The number of aryl methyl sites for hydroxylation is 1. The number of allylic oxidation sites excluding steroid dienone is 2. The summed E-state index contributed by atoms with van der Waals surface area (Å²) < 4.78 is 25.2. The highest BCUT2D eigenvalue weighted by Gasteiger charge is 2.28. The predicted molar refractivity (Wildman–Crippen MR) is 206 cm³/mol. The van der Waals surface area contributed by atoms with Crippen molar-refractivity contribution < 1.29 is 8.78 Å². The second-order valence-corrected chi connectivity index (χ2v) is 12.9. The van der Waals surface area contributed by atoms with Crippen LogP contribution in [0, 0.1) is 12.8 Å². The van der Waals surface area contributed by atoms with Gasteiger partial charge in [-0.3, -0.25) is 10.1 Å². The first kappa shape index (κ1) is 44.6. The van der Waals surface area contributed by atoms with Crippen LogP contribution >= 0.6 is 0 Å². The maximum Gasteiger partial charge on any atom is 0.248 e. The second-order valence-electron chi connectivity index (χ2n) is 12.9. The first-order valence-corrected chi connectivity index (χ1v) is 18.1. The molecule has 4 rings (SSSR count). The number of benzene rings is 1. The van der Waals surface area contributed by atoms with Crippen LogP contribution in [-0.2, 0) is 0 Å². The average molecular weight is 668 g/mol. The minimum atomic E-state index is -2.44. The van der Waals surface area contributed by atoms with Crippen LogP contribution in [-0.4, -0.2) is 39.2 Å². The summed E-state index contributed by atoms with van der Waals surface area (Å²) in [5.74, 6) is -0.839. The monoisotopic (exact) mass is 668 g/mol. The molecule has 270 valence electrons. The molecule has 2 atom stereocenters. The van der Waals surface area contributed by atoms with Crippen molar-refractivity contribution in [3.05, 3.63) is 77.9 Å². The Kier molecular flexibility index (Phi) is 23.8. The SMILES string of the molecule is C=CC.CC(C)=Cc1ccc(-c2cncc(N3CCC(c4cn[nH]c4)C3)n2)cc1C.CCC(C)CC(F)(F)CC.CCCC.CCCC. The van der Waals surface area contributed by atoms with Crippen molar-refractivity contribution >= 4 is 11.9 Å². The van der Waals surface area contributed by atoms with Gasteiger partial charge in [-0.1, -0.05) is 110 Å². The smallest absolute Gasteiger partial charge is 0.248 e. The topological polar surface area (TPSA) is 57.7 Å². The van der Waals surface area contributed by atoms with E-state index in [9.17, 15) is 8.78 Å². The number of alkyl halides is 2. The summed E-state index contributed by atoms with van der Waals surface area (Å²) >= 11 is 0. The van der Waals surface area contributed by atoms with Crippen LogP contribution in [0.15, 0.2) is 61.2 Å². The number of H-pyrrole nitrogens is 1. The number of nitrogens with one attached hydrogen (secondary N) is 1. The molecule has 3 heterocycles. The van der Waals surface area contributed by atoms with Crippen LogP contribution in [0.1, 0.15) is 143 Å². The molecular weight excluding hydrogens is 600 g/mol. The molecule has 5 nitrogen and oxygen atoms in total. The van der Waals surface area contributed by atoms with Gasteiger partial charge in [0.05, 0.1) is 24.3 Å². The molecule has 1 N–H and O–H groups in total. The lowest BCUT2D eigenvalue weighted by Crippen LogP contribution is -2.20. The summed E-state index contributed by atoms with van der Waals surface area (Å²) in [6, 6.07) is 6.49. The highest BCUT2D eigenvalue weighted by molar-refractivity contribution is 5.66. The Morgan fingerprint density at radius 2 is 1.67 bits per heavy atom. The minimum absolute atomic E-state index is 0.0304. The van der Waals surface area contributed by atoms with Gasteiger partial charge in [-0.2, -0.15) is 5.10 Å². The number of unbranched alkanes of at least 4 members (excludes halogenated alkanes) is 2. The highest BCUT2D eigenvalue weighted by atomic mass is 19.3. The number of aromatic amines is 1. The number of rotatable bonds is 10. The van der Waals surface area contributed by atoms with E-state index in [2.05, 4.69) is 99.4 Å². The molecule has 0 amide bonds. The molecule has 3 aromatic rings. The molecule has 1 fully saturated rings. The Hall–Kier alpha value is -3.35. The third kappa shape index (κ3) is 18.3. The van der Waals surface area contributed by atoms with Crippen LogP contribution in [0.25, 0.3) is 17.3 Å². The number of aromatic nitrogens is 4. The number of hydrogen-bond donors (Lipinski definition) is 1. The van der Waals surface area contributed by atoms with Crippen LogP contribution in [0.2, 0.25) is 0 Å². The molecule has 2 unspecified atom stereocenters. The molecule has 0 spiro atoms. The van der Waals surface area contributed by atoms with Crippen molar-refractivity contribution in [2.75, 3.05) is 18.0 Å². The van der Waals surface area contributed by atoms with Gasteiger partial charge >= 0.3 is 0 Å². The van der Waals surface area contributed by atoms with Gasteiger partial charge in [-0.05, 0) is 62.8 Å². The van der Waals surface area contributed by atoms with Crippen molar-refractivity contribution in [3.63, 3.8) is 0 Å². The summed E-state index contributed by atoms with van der Waals surface area (Å²) in [5, 5.41) is 6.99. The van der Waals surface area contributed by atoms with Gasteiger partial charge in [-0.15, -0.1) is 6.58 Å². The van der Waals surface area contributed by atoms with Gasteiger partial charge in [0.15, 0.2) is 0 Å². The number of halogens is 2. The largest absolute Gasteiger partial charge is 0.355 e. The van der Waals surface area contributed by atoms with Crippen LogP contribution in [0.4, 0.5) is 14.6 Å². The van der Waals surface area contributed by atoms with E-state index in [-0.39, 0.29) is 18.8 Å². The zero-order valence-corrected chi connectivity index (χ0v) is 32.2. The van der Waals surface area contributed by atoms with E-state index in [1.54, 1.807) is 6.08 Å². The summed E-state index contributed by atoms with van der Waals surface area (Å²) in [4.78, 5) is 11.7. The van der Waals surface area contributed by atoms with E-state index in [0.717, 1.165) is 43.0 Å². The fourth-order valence-electron chi connectivity index (χ4n) is 4.48. The van der Waals surface area contributed by atoms with Crippen molar-refractivity contribution in [3.8, 4) is 11.3 Å². The number of nitrogens with zero attached hydrogens (tertiary/aromatic N) is 4. The lowest BCUT2D eigenvalue weighted by molar-refractivity contribution is -0.0248. The maximum absolute atomic E-state index is 12.6. The summed E-state index contributed by atoms with van der Waals surface area (Å²) in [7, 11) is 0. The minimum Gasteiger partial charge on any atom is -0.355 e. The molecule has 0 radical (unpaired) electrons. The van der Waals surface area contributed by atoms with E-state index >= 15 is 0 Å². The summed E-state index contributed by atoms with van der Waals surface area (Å²) in [5.41, 5.74) is 7.11. The van der Waals surface area contributed by atoms with Crippen molar-refractivity contribution in [2.24, 2.45) is 5.92 Å². The summed E-state index contributed by atoms with van der Waals surface area (Å²) in [6.07, 6.45) is 18.8. The highest BCUT2D eigenvalue weighted by Crippen LogP contribution is 2.31. The van der Waals surface area contributed by atoms with E-state index < -0.39 is 5.92 Å².